The maximum atomic E-state index is 13.3. The molecule has 0 aromatic heterocycles. The Labute approximate surface area is 111 Å². The van der Waals surface area contributed by atoms with Crippen molar-refractivity contribution in [2.24, 2.45) is 5.41 Å². The molecule has 2 rings (SSSR count). The molecule has 0 bridgehead atoms. The predicted molar refractivity (Wildman–Crippen MR) is 68.1 cm³/mol. The van der Waals surface area contributed by atoms with E-state index in [2.05, 4.69) is 4.90 Å². The summed E-state index contributed by atoms with van der Waals surface area (Å²) >= 11 is 5.64. The number of aliphatic hydroxyl groups is 1. The number of nitrogens with zero attached hydrogens (tertiary/aromatic N) is 1. The van der Waals surface area contributed by atoms with Crippen molar-refractivity contribution >= 4 is 11.6 Å². The fourth-order valence-corrected chi connectivity index (χ4v) is 2.32. The van der Waals surface area contributed by atoms with Crippen LogP contribution in [0.4, 0.5) is 4.39 Å². The monoisotopic (exact) mass is 273 g/mol. The molecule has 1 aromatic carbocycles. The zero-order valence-electron chi connectivity index (χ0n) is 10.3. The van der Waals surface area contributed by atoms with Crippen molar-refractivity contribution in [2.45, 2.75) is 6.54 Å². The fraction of sp³-hybridized carbons (Fsp3) is 0.538. The van der Waals surface area contributed by atoms with Gasteiger partial charge in [0.1, 0.15) is 5.82 Å². The maximum absolute atomic E-state index is 13.3. The Kier molecular flexibility index (Phi) is 4.22. The second kappa shape index (κ2) is 5.53. The Morgan fingerprint density at radius 1 is 1.50 bits per heavy atom. The molecule has 0 unspecified atom stereocenters. The number of hydrogen-bond donors (Lipinski definition) is 1. The summed E-state index contributed by atoms with van der Waals surface area (Å²) < 4.78 is 18.5. The van der Waals surface area contributed by atoms with E-state index in [0.717, 1.165) is 12.1 Å². The van der Waals surface area contributed by atoms with Gasteiger partial charge in [-0.1, -0.05) is 17.7 Å². The summed E-state index contributed by atoms with van der Waals surface area (Å²) in [5.41, 5.74) is 0.715. The van der Waals surface area contributed by atoms with Gasteiger partial charge in [-0.25, -0.2) is 4.39 Å². The Morgan fingerprint density at radius 3 is 2.72 bits per heavy atom. The summed E-state index contributed by atoms with van der Waals surface area (Å²) in [5, 5.41) is 9.49. The third-order valence-electron chi connectivity index (χ3n) is 3.19. The first-order chi connectivity index (χ1) is 8.54. The minimum Gasteiger partial charge on any atom is -0.396 e. The Bertz CT molecular complexity index is 418. The Balaban J connectivity index is 1.94. The molecule has 1 fully saturated rings. The second-order valence-electron chi connectivity index (χ2n) is 5.07. The molecule has 5 heteroatoms. The lowest BCUT2D eigenvalue weighted by Gasteiger charge is -2.42. The SMILES string of the molecule is CN(Cc1ccc(Cl)c(F)c1)CC1(CO)COC1. The summed E-state index contributed by atoms with van der Waals surface area (Å²) in [4.78, 5) is 2.06. The van der Waals surface area contributed by atoms with E-state index in [1.54, 1.807) is 6.07 Å². The van der Waals surface area contributed by atoms with Gasteiger partial charge in [-0.3, -0.25) is 0 Å². The first-order valence-corrected chi connectivity index (χ1v) is 6.23. The van der Waals surface area contributed by atoms with E-state index in [0.29, 0.717) is 19.8 Å². The number of rotatable bonds is 5. The molecule has 18 heavy (non-hydrogen) atoms. The largest absolute Gasteiger partial charge is 0.396 e. The van der Waals surface area contributed by atoms with E-state index in [-0.39, 0.29) is 17.0 Å². The summed E-state index contributed by atoms with van der Waals surface area (Å²) in [6, 6.07) is 4.82. The van der Waals surface area contributed by atoms with Gasteiger partial charge in [-0.15, -0.1) is 0 Å². The third kappa shape index (κ3) is 3.01. The van der Waals surface area contributed by atoms with E-state index in [4.69, 9.17) is 16.3 Å². The van der Waals surface area contributed by atoms with Crippen LogP contribution in [0.1, 0.15) is 5.56 Å². The molecule has 3 nitrogen and oxygen atoms in total. The molecule has 1 saturated heterocycles. The summed E-state index contributed by atoms with van der Waals surface area (Å²) in [6.45, 7) is 2.64. The normalized spacial score (nSPS) is 17.8. The summed E-state index contributed by atoms with van der Waals surface area (Å²) in [5.74, 6) is -0.397. The first-order valence-electron chi connectivity index (χ1n) is 5.86. The van der Waals surface area contributed by atoms with Crippen LogP contribution >= 0.6 is 11.6 Å². The van der Waals surface area contributed by atoms with Gasteiger partial charge in [-0.2, -0.15) is 0 Å². The van der Waals surface area contributed by atoms with Crippen LogP contribution in [0.2, 0.25) is 5.02 Å². The second-order valence-corrected chi connectivity index (χ2v) is 5.48. The minimum absolute atomic E-state index is 0.117. The molecular weight excluding hydrogens is 257 g/mol. The highest BCUT2D eigenvalue weighted by Gasteiger charge is 2.38. The van der Waals surface area contributed by atoms with Crippen LogP contribution in [0.25, 0.3) is 0 Å². The zero-order chi connectivity index (χ0) is 13.2. The lowest BCUT2D eigenvalue weighted by molar-refractivity contribution is -0.147. The van der Waals surface area contributed by atoms with Gasteiger partial charge >= 0.3 is 0 Å². The topological polar surface area (TPSA) is 32.7 Å². The maximum Gasteiger partial charge on any atom is 0.142 e. The predicted octanol–water partition coefficient (Wildman–Crippen LogP) is 1.92. The van der Waals surface area contributed by atoms with Crippen LogP contribution in [-0.2, 0) is 11.3 Å². The highest BCUT2D eigenvalue weighted by atomic mass is 35.5. The van der Waals surface area contributed by atoms with E-state index in [1.807, 2.05) is 13.1 Å². The molecule has 0 radical (unpaired) electrons. The molecule has 1 heterocycles. The van der Waals surface area contributed by atoms with Crippen LogP contribution in [-0.4, -0.2) is 43.4 Å². The Morgan fingerprint density at radius 2 is 2.22 bits per heavy atom. The molecule has 0 saturated carbocycles. The number of hydrogen-bond acceptors (Lipinski definition) is 3. The quantitative estimate of drug-likeness (QED) is 0.890. The van der Waals surface area contributed by atoms with E-state index in [1.165, 1.54) is 6.07 Å². The highest BCUT2D eigenvalue weighted by Crippen LogP contribution is 2.28. The van der Waals surface area contributed by atoms with Gasteiger partial charge in [0.05, 0.1) is 30.3 Å². The number of benzene rings is 1. The van der Waals surface area contributed by atoms with Crippen LogP contribution in [0, 0.1) is 11.2 Å². The van der Waals surface area contributed by atoms with Gasteiger partial charge in [0.25, 0.3) is 0 Å². The van der Waals surface area contributed by atoms with Crippen molar-refractivity contribution in [3.8, 4) is 0 Å². The molecular formula is C13H17ClFNO2. The van der Waals surface area contributed by atoms with E-state index in [9.17, 15) is 9.50 Å². The van der Waals surface area contributed by atoms with Gasteiger partial charge in [-0.05, 0) is 24.7 Å². The number of aliphatic hydroxyl groups excluding tert-OH is 1. The molecule has 0 spiro atoms. The van der Waals surface area contributed by atoms with Gasteiger partial charge in [0.15, 0.2) is 0 Å². The average molecular weight is 274 g/mol. The molecule has 1 aromatic rings. The van der Waals surface area contributed by atoms with Gasteiger partial charge in [0.2, 0.25) is 0 Å². The average Bonchev–Trinajstić information content (AvgIpc) is 2.29. The number of halogens is 2. The van der Waals surface area contributed by atoms with Crippen molar-refractivity contribution in [3.05, 3.63) is 34.6 Å². The van der Waals surface area contributed by atoms with Crippen molar-refractivity contribution < 1.29 is 14.2 Å². The molecule has 1 aliphatic heterocycles. The zero-order valence-corrected chi connectivity index (χ0v) is 11.1. The molecule has 0 atom stereocenters. The lowest BCUT2D eigenvalue weighted by atomic mass is 9.86. The highest BCUT2D eigenvalue weighted by molar-refractivity contribution is 6.30. The Hall–Kier alpha value is -0.680. The summed E-state index contributed by atoms with van der Waals surface area (Å²) in [6.07, 6.45) is 0. The van der Waals surface area contributed by atoms with Crippen molar-refractivity contribution in [1.82, 2.24) is 4.90 Å². The molecule has 1 aliphatic rings. The third-order valence-corrected chi connectivity index (χ3v) is 3.50. The summed E-state index contributed by atoms with van der Waals surface area (Å²) in [7, 11) is 1.95. The fourth-order valence-electron chi connectivity index (χ4n) is 2.20. The van der Waals surface area contributed by atoms with Crippen molar-refractivity contribution in [1.29, 1.82) is 0 Å². The van der Waals surface area contributed by atoms with Crippen LogP contribution in [0.5, 0.6) is 0 Å². The van der Waals surface area contributed by atoms with Crippen LogP contribution in [0.15, 0.2) is 18.2 Å². The molecule has 1 N–H and O–H groups in total. The van der Waals surface area contributed by atoms with Crippen molar-refractivity contribution in [2.75, 3.05) is 33.4 Å². The first kappa shape index (κ1) is 13.7. The van der Waals surface area contributed by atoms with E-state index < -0.39 is 5.82 Å². The van der Waals surface area contributed by atoms with Crippen LogP contribution < -0.4 is 0 Å². The molecule has 0 amide bonds. The molecule has 0 aliphatic carbocycles. The van der Waals surface area contributed by atoms with Gasteiger partial charge < -0.3 is 14.7 Å². The van der Waals surface area contributed by atoms with E-state index >= 15 is 0 Å². The molecule has 100 valence electrons. The van der Waals surface area contributed by atoms with Crippen molar-refractivity contribution in [3.63, 3.8) is 0 Å². The lowest BCUT2D eigenvalue weighted by Crippen LogP contribution is -2.52. The minimum atomic E-state index is -0.397. The van der Waals surface area contributed by atoms with Gasteiger partial charge in [0, 0.05) is 13.1 Å². The standard InChI is InChI=1S/C13H17ClFNO2/c1-16(6-13(7-17)8-18-9-13)5-10-2-3-11(14)12(15)4-10/h2-4,17H,5-9H2,1H3. The smallest absolute Gasteiger partial charge is 0.142 e. The van der Waals surface area contributed by atoms with Crippen LogP contribution in [0.3, 0.4) is 0 Å². The number of ether oxygens (including phenoxy) is 1.